The van der Waals surface area contributed by atoms with Gasteiger partial charge in [-0.15, -0.1) is 0 Å². The van der Waals surface area contributed by atoms with Gasteiger partial charge in [-0.25, -0.2) is 13.4 Å². The van der Waals surface area contributed by atoms with Crippen molar-refractivity contribution in [1.82, 2.24) is 14.9 Å². The highest BCUT2D eigenvalue weighted by atomic mass is 35.5. The van der Waals surface area contributed by atoms with Crippen molar-refractivity contribution >= 4 is 72.5 Å². The molecule has 3 aromatic carbocycles. The molecule has 0 unspecified atom stereocenters. The van der Waals surface area contributed by atoms with Crippen LogP contribution >= 0.6 is 23.2 Å². The molecule has 1 saturated heterocycles. The van der Waals surface area contributed by atoms with E-state index in [9.17, 15) is 13.2 Å². The molecule has 1 aliphatic rings. The van der Waals surface area contributed by atoms with Gasteiger partial charge in [0.1, 0.15) is 18.0 Å². The number of halogens is 2. The standard InChI is InChI=1S/C33H33Cl2N5O4S/c1-33(2,3)44-31(41)21-40(45(42,43)27-19-24(34)18-25(35)20-27)26-8-9-28-23(17-26)11-14-39(28)29-6-4-5-22-7-10-30(37-32(22)29)38-15-12-36-13-16-38/h4-11,14,17-20,36H,12-13,15-16,21H2,1-3H3. The molecule has 12 heteroatoms. The van der Waals surface area contributed by atoms with Crippen LogP contribution in [0.15, 0.2) is 83.9 Å². The highest BCUT2D eigenvalue weighted by Gasteiger charge is 2.30. The molecule has 6 rings (SSSR count). The van der Waals surface area contributed by atoms with E-state index in [1.165, 1.54) is 18.2 Å². The van der Waals surface area contributed by atoms with Gasteiger partial charge in [0.15, 0.2) is 0 Å². The van der Waals surface area contributed by atoms with E-state index in [0.29, 0.717) is 5.69 Å². The Morgan fingerprint density at radius 3 is 2.40 bits per heavy atom. The number of piperazine rings is 1. The van der Waals surface area contributed by atoms with Crippen molar-refractivity contribution in [3.05, 3.63) is 89.0 Å². The lowest BCUT2D eigenvalue weighted by Gasteiger charge is -2.28. The molecule has 1 fully saturated rings. The molecule has 0 saturated carbocycles. The molecule has 9 nitrogen and oxygen atoms in total. The lowest BCUT2D eigenvalue weighted by atomic mass is 10.1. The first-order chi connectivity index (χ1) is 21.4. The summed E-state index contributed by atoms with van der Waals surface area (Å²) in [5.41, 5.74) is 2.10. The van der Waals surface area contributed by atoms with Crippen LogP contribution in [0.1, 0.15) is 20.8 Å². The lowest BCUT2D eigenvalue weighted by molar-refractivity contribution is -0.152. The number of ether oxygens (including phenoxy) is 1. The number of nitrogens with zero attached hydrogens (tertiary/aromatic N) is 4. The van der Waals surface area contributed by atoms with Gasteiger partial charge in [-0.1, -0.05) is 35.3 Å². The Kier molecular flexibility index (Phi) is 8.43. The lowest BCUT2D eigenvalue weighted by Crippen LogP contribution is -2.43. The topological polar surface area (TPSA) is 96.8 Å². The van der Waals surface area contributed by atoms with Crippen molar-refractivity contribution in [2.75, 3.05) is 41.9 Å². The minimum absolute atomic E-state index is 0.136. The van der Waals surface area contributed by atoms with Crippen molar-refractivity contribution in [2.24, 2.45) is 0 Å². The second kappa shape index (κ2) is 12.2. The predicted molar refractivity (Wildman–Crippen MR) is 180 cm³/mol. The summed E-state index contributed by atoms with van der Waals surface area (Å²) in [4.78, 5) is 20.2. The monoisotopic (exact) mass is 665 g/mol. The number of anilines is 2. The maximum atomic E-state index is 14.0. The highest BCUT2D eigenvalue weighted by Crippen LogP contribution is 2.33. The van der Waals surface area contributed by atoms with Crippen molar-refractivity contribution in [3.63, 3.8) is 0 Å². The number of para-hydroxylation sites is 1. The second-order valence-electron chi connectivity index (χ2n) is 11.9. The van der Waals surface area contributed by atoms with E-state index in [-0.39, 0.29) is 14.9 Å². The molecule has 1 aliphatic heterocycles. The van der Waals surface area contributed by atoms with Crippen LogP contribution in [0.5, 0.6) is 0 Å². The maximum Gasteiger partial charge on any atom is 0.327 e. The number of esters is 1. The van der Waals surface area contributed by atoms with Crippen LogP contribution in [0.4, 0.5) is 11.5 Å². The number of carbonyl (C=O) groups is 1. The number of pyridine rings is 1. The van der Waals surface area contributed by atoms with Crippen LogP contribution in [-0.2, 0) is 19.6 Å². The van der Waals surface area contributed by atoms with Crippen molar-refractivity contribution in [3.8, 4) is 5.69 Å². The number of fused-ring (bicyclic) bond motifs is 2. The Labute approximate surface area is 272 Å². The number of nitrogens with one attached hydrogen (secondary N) is 1. The van der Waals surface area contributed by atoms with Gasteiger partial charge in [0.05, 0.1) is 27.3 Å². The van der Waals surface area contributed by atoms with Crippen LogP contribution < -0.4 is 14.5 Å². The van der Waals surface area contributed by atoms with Crippen LogP contribution in [0, 0.1) is 0 Å². The van der Waals surface area contributed by atoms with Crippen LogP contribution in [-0.4, -0.2) is 62.3 Å². The van der Waals surface area contributed by atoms with E-state index in [4.69, 9.17) is 32.9 Å². The molecule has 5 aromatic rings. The van der Waals surface area contributed by atoms with Crippen LogP contribution in [0.25, 0.3) is 27.5 Å². The minimum atomic E-state index is -4.27. The number of benzene rings is 3. The van der Waals surface area contributed by atoms with Gasteiger partial charge in [-0.05, 0) is 81.4 Å². The summed E-state index contributed by atoms with van der Waals surface area (Å²) < 4.78 is 36.5. The van der Waals surface area contributed by atoms with Crippen LogP contribution in [0.2, 0.25) is 10.0 Å². The SMILES string of the molecule is CC(C)(C)OC(=O)CN(c1ccc2c(ccn2-c2cccc3ccc(N4CCNCC4)nc23)c1)S(=O)(=O)c1cc(Cl)cc(Cl)c1. The molecular formula is C33H33Cl2N5O4S. The smallest absolute Gasteiger partial charge is 0.327 e. The van der Waals surface area contributed by atoms with Gasteiger partial charge in [0, 0.05) is 53.2 Å². The van der Waals surface area contributed by atoms with E-state index >= 15 is 0 Å². The fourth-order valence-electron chi connectivity index (χ4n) is 5.49. The summed E-state index contributed by atoms with van der Waals surface area (Å²) >= 11 is 12.3. The molecule has 3 heterocycles. The highest BCUT2D eigenvalue weighted by molar-refractivity contribution is 7.92. The number of hydrogen-bond acceptors (Lipinski definition) is 7. The fraction of sp³-hybridized carbons (Fsp3) is 0.273. The zero-order valence-corrected chi connectivity index (χ0v) is 27.5. The third kappa shape index (κ3) is 6.60. The minimum Gasteiger partial charge on any atom is -0.459 e. The summed E-state index contributed by atoms with van der Waals surface area (Å²) in [6.07, 6.45) is 1.94. The molecule has 0 aliphatic carbocycles. The zero-order valence-electron chi connectivity index (χ0n) is 25.1. The molecule has 0 amide bonds. The Morgan fingerprint density at radius 2 is 1.69 bits per heavy atom. The molecular weight excluding hydrogens is 633 g/mol. The van der Waals surface area contributed by atoms with E-state index < -0.39 is 28.1 Å². The third-order valence-electron chi connectivity index (χ3n) is 7.46. The summed E-state index contributed by atoms with van der Waals surface area (Å²) in [6.45, 7) is 8.24. The number of hydrogen-bond donors (Lipinski definition) is 1. The maximum absolute atomic E-state index is 14.0. The summed E-state index contributed by atoms with van der Waals surface area (Å²) in [7, 11) is -4.27. The molecule has 0 spiro atoms. The number of sulfonamides is 1. The normalized spacial score (nSPS) is 14.2. The van der Waals surface area contributed by atoms with E-state index in [2.05, 4.69) is 22.3 Å². The van der Waals surface area contributed by atoms with Gasteiger partial charge in [0.2, 0.25) is 0 Å². The van der Waals surface area contributed by atoms with Gasteiger partial charge in [0.25, 0.3) is 10.0 Å². The Morgan fingerprint density at radius 1 is 0.956 bits per heavy atom. The average molecular weight is 667 g/mol. The Bertz CT molecular complexity index is 2000. The quantitative estimate of drug-likeness (QED) is 0.200. The molecule has 0 radical (unpaired) electrons. The third-order valence-corrected chi connectivity index (χ3v) is 9.65. The molecule has 2 aromatic heterocycles. The molecule has 0 atom stereocenters. The Balaban J connectivity index is 1.42. The first-order valence-corrected chi connectivity index (χ1v) is 16.8. The summed E-state index contributed by atoms with van der Waals surface area (Å²) in [6, 6.07) is 21.4. The van der Waals surface area contributed by atoms with E-state index in [1.54, 1.807) is 32.9 Å². The summed E-state index contributed by atoms with van der Waals surface area (Å²) in [5.74, 6) is 0.235. The molecule has 45 heavy (non-hydrogen) atoms. The van der Waals surface area contributed by atoms with Gasteiger partial charge >= 0.3 is 5.97 Å². The molecule has 1 N–H and O–H groups in total. The van der Waals surface area contributed by atoms with Gasteiger partial charge in [-0.2, -0.15) is 0 Å². The largest absolute Gasteiger partial charge is 0.459 e. The van der Waals surface area contributed by atoms with E-state index in [1.807, 2.05) is 41.1 Å². The van der Waals surface area contributed by atoms with Gasteiger partial charge in [-0.3, -0.25) is 9.10 Å². The van der Waals surface area contributed by atoms with Crippen LogP contribution in [0.3, 0.4) is 0 Å². The van der Waals surface area contributed by atoms with Crippen molar-refractivity contribution in [1.29, 1.82) is 0 Å². The molecule has 234 valence electrons. The van der Waals surface area contributed by atoms with E-state index in [0.717, 1.165) is 63.8 Å². The zero-order chi connectivity index (χ0) is 31.9. The number of aromatic nitrogens is 2. The first-order valence-electron chi connectivity index (χ1n) is 14.6. The fourth-order valence-corrected chi connectivity index (χ4v) is 7.62. The summed E-state index contributed by atoms with van der Waals surface area (Å²) in [5, 5.41) is 5.49. The average Bonchev–Trinajstić information content (AvgIpc) is 3.41. The second-order valence-corrected chi connectivity index (χ2v) is 14.6. The Hall–Kier alpha value is -3.83. The van der Waals surface area contributed by atoms with Crippen molar-refractivity contribution in [2.45, 2.75) is 31.3 Å². The molecule has 0 bridgehead atoms. The predicted octanol–water partition coefficient (Wildman–Crippen LogP) is 6.43. The van der Waals surface area contributed by atoms with Crippen molar-refractivity contribution < 1.29 is 17.9 Å². The number of carbonyl (C=O) groups excluding carboxylic acids is 1. The number of rotatable bonds is 7. The van der Waals surface area contributed by atoms with Gasteiger partial charge < -0.3 is 19.5 Å². The first kappa shape index (κ1) is 31.2.